The highest BCUT2D eigenvalue weighted by molar-refractivity contribution is 7.89. The molecule has 0 saturated carbocycles. The lowest BCUT2D eigenvalue weighted by Crippen LogP contribution is -2.39. The highest BCUT2D eigenvalue weighted by Crippen LogP contribution is 2.34. The first-order valence-corrected chi connectivity index (χ1v) is 9.27. The third-order valence-corrected chi connectivity index (χ3v) is 6.34. The van der Waals surface area contributed by atoms with Crippen LogP contribution in [0.25, 0.3) is 0 Å². The van der Waals surface area contributed by atoms with E-state index in [2.05, 4.69) is 6.08 Å². The van der Waals surface area contributed by atoms with Crippen LogP contribution >= 0.6 is 0 Å². The second-order valence-corrected chi connectivity index (χ2v) is 7.90. The van der Waals surface area contributed by atoms with Crippen molar-refractivity contribution >= 4 is 15.9 Å². The molecule has 1 aliphatic carbocycles. The van der Waals surface area contributed by atoms with Crippen LogP contribution in [0.15, 0.2) is 40.8 Å². The molecule has 22 heavy (non-hydrogen) atoms. The second kappa shape index (κ2) is 5.88. The van der Waals surface area contributed by atoms with Gasteiger partial charge in [-0.05, 0) is 51.2 Å². The molecule has 1 aromatic carbocycles. The van der Waals surface area contributed by atoms with Gasteiger partial charge in [0, 0.05) is 6.42 Å². The van der Waals surface area contributed by atoms with Crippen molar-refractivity contribution in [3.8, 4) is 0 Å². The first kappa shape index (κ1) is 15.3. The van der Waals surface area contributed by atoms with Gasteiger partial charge in [-0.1, -0.05) is 29.3 Å². The summed E-state index contributed by atoms with van der Waals surface area (Å²) in [5.74, 6) is -0.281. The maximum Gasteiger partial charge on any atom is 0.267 e. The summed E-state index contributed by atoms with van der Waals surface area (Å²) in [6.45, 7) is 1.91. The van der Waals surface area contributed by atoms with E-state index in [1.807, 2.05) is 6.92 Å². The third kappa shape index (κ3) is 2.70. The minimum absolute atomic E-state index is 0.203. The molecular formula is C17H21NO3S. The lowest BCUT2D eigenvalue weighted by molar-refractivity contribution is -0.124. The molecule has 5 heteroatoms. The van der Waals surface area contributed by atoms with Gasteiger partial charge in [0.1, 0.15) is 0 Å². The Morgan fingerprint density at radius 3 is 2.45 bits per heavy atom. The van der Waals surface area contributed by atoms with E-state index >= 15 is 0 Å². The molecule has 1 aromatic rings. The monoisotopic (exact) mass is 319 g/mol. The summed E-state index contributed by atoms with van der Waals surface area (Å²) in [6.07, 6.45) is 7.16. The van der Waals surface area contributed by atoms with Crippen LogP contribution in [-0.2, 0) is 14.8 Å². The first-order valence-electron chi connectivity index (χ1n) is 7.83. The summed E-state index contributed by atoms with van der Waals surface area (Å²) in [5.41, 5.74) is 2.12. The Morgan fingerprint density at radius 2 is 1.82 bits per heavy atom. The molecule has 1 unspecified atom stereocenters. The zero-order valence-electron chi connectivity index (χ0n) is 12.8. The van der Waals surface area contributed by atoms with Crippen molar-refractivity contribution in [2.24, 2.45) is 0 Å². The normalized spacial score (nSPS) is 22.8. The van der Waals surface area contributed by atoms with Crippen molar-refractivity contribution in [2.75, 3.05) is 0 Å². The largest absolute Gasteiger partial charge is 0.274 e. The van der Waals surface area contributed by atoms with Crippen LogP contribution in [0.4, 0.5) is 0 Å². The molecule has 0 radical (unpaired) electrons. The predicted octanol–water partition coefficient (Wildman–Crippen LogP) is 3.18. The van der Waals surface area contributed by atoms with Gasteiger partial charge < -0.3 is 0 Å². The molecule has 1 amide bonds. The molecule has 1 heterocycles. The van der Waals surface area contributed by atoms with Gasteiger partial charge in [-0.15, -0.1) is 0 Å². The maximum absolute atomic E-state index is 12.9. The number of allylic oxidation sites excluding steroid dienone is 1. The molecule has 0 spiro atoms. The van der Waals surface area contributed by atoms with Gasteiger partial charge in [-0.25, -0.2) is 12.7 Å². The third-order valence-electron chi connectivity index (χ3n) is 4.49. The van der Waals surface area contributed by atoms with E-state index < -0.39 is 10.0 Å². The van der Waals surface area contributed by atoms with Crippen LogP contribution in [0.5, 0.6) is 0 Å². The Labute approximate surface area is 131 Å². The van der Waals surface area contributed by atoms with Crippen LogP contribution in [0.1, 0.15) is 44.1 Å². The fourth-order valence-electron chi connectivity index (χ4n) is 3.29. The van der Waals surface area contributed by atoms with E-state index in [1.165, 1.54) is 0 Å². The van der Waals surface area contributed by atoms with Crippen molar-refractivity contribution in [3.05, 3.63) is 41.5 Å². The molecule has 0 bridgehead atoms. The van der Waals surface area contributed by atoms with Gasteiger partial charge in [0.25, 0.3) is 10.0 Å². The Bertz CT molecular complexity index is 704. The number of benzene rings is 1. The number of amides is 1. The van der Waals surface area contributed by atoms with E-state index in [-0.39, 0.29) is 16.8 Å². The van der Waals surface area contributed by atoms with E-state index in [9.17, 15) is 13.2 Å². The second-order valence-electron chi connectivity index (χ2n) is 6.09. The van der Waals surface area contributed by atoms with Crippen molar-refractivity contribution in [1.29, 1.82) is 0 Å². The molecule has 0 aromatic heterocycles. The van der Waals surface area contributed by atoms with E-state index in [1.54, 1.807) is 24.3 Å². The summed E-state index contributed by atoms with van der Waals surface area (Å²) < 4.78 is 26.9. The van der Waals surface area contributed by atoms with Crippen molar-refractivity contribution < 1.29 is 13.2 Å². The number of hydrogen-bond acceptors (Lipinski definition) is 3. The summed E-state index contributed by atoms with van der Waals surface area (Å²) in [6, 6.07) is 6.43. The number of aryl methyl sites for hydroxylation is 1. The van der Waals surface area contributed by atoms with Gasteiger partial charge in [-0.3, -0.25) is 4.79 Å². The zero-order valence-corrected chi connectivity index (χ0v) is 13.6. The maximum atomic E-state index is 12.9. The Morgan fingerprint density at radius 1 is 1.09 bits per heavy atom. The van der Waals surface area contributed by atoms with Gasteiger partial charge in [-0.2, -0.15) is 0 Å². The summed E-state index contributed by atoms with van der Waals surface area (Å²) in [4.78, 5) is 12.4. The smallest absolute Gasteiger partial charge is 0.267 e. The number of hydrogen-bond donors (Lipinski definition) is 0. The van der Waals surface area contributed by atoms with Crippen molar-refractivity contribution in [1.82, 2.24) is 4.31 Å². The fourth-order valence-corrected chi connectivity index (χ4v) is 4.93. The summed E-state index contributed by atoms with van der Waals surface area (Å²) in [5, 5.41) is 0. The lowest BCUT2D eigenvalue weighted by atomic mass is 9.93. The SMILES string of the molecule is Cc1ccc(S(=O)(=O)N2C(=O)CCC2C2=CCCCC2)cc1. The Hall–Kier alpha value is -1.62. The predicted molar refractivity (Wildman–Crippen MR) is 84.8 cm³/mol. The number of nitrogens with zero attached hydrogens (tertiary/aromatic N) is 1. The number of carbonyl (C=O) groups excluding carboxylic acids is 1. The topological polar surface area (TPSA) is 54.5 Å². The number of sulfonamides is 1. The highest BCUT2D eigenvalue weighted by atomic mass is 32.2. The minimum atomic E-state index is -3.76. The molecule has 0 N–H and O–H groups in total. The van der Waals surface area contributed by atoms with Crippen LogP contribution in [0.2, 0.25) is 0 Å². The molecule has 4 nitrogen and oxygen atoms in total. The minimum Gasteiger partial charge on any atom is -0.274 e. The van der Waals surface area contributed by atoms with Crippen LogP contribution in [0.3, 0.4) is 0 Å². The molecule has 2 aliphatic rings. The Balaban J connectivity index is 1.97. The van der Waals surface area contributed by atoms with Gasteiger partial charge in [0.2, 0.25) is 5.91 Å². The quantitative estimate of drug-likeness (QED) is 0.804. The average molecular weight is 319 g/mol. The highest BCUT2D eigenvalue weighted by Gasteiger charge is 2.42. The zero-order chi connectivity index (χ0) is 15.7. The van der Waals surface area contributed by atoms with Crippen molar-refractivity contribution in [3.63, 3.8) is 0 Å². The molecule has 1 atom stereocenters. The molecule has 3 rings (SSSR count). The fraction of sp³-hybridized carbons (Fsp3) is 0.471. The van der Waals surface area contributed by atoms with Crippen molar-refractivity contribution in [2.45, 2.75) is 56.4 Å². The molecule has 1 fully saturated rings. The average Bonchev–Trinajstić information content (AvgIpc) is 2.91. The summed E-state index contributed by atoms with van der Waals surface area (Å²) in [7, 11) is -3.76. The number of carbonyl (C=O) groups is 1. The van der Waals surface area contributed by atoms with Crippen LogP contribution in [-0.4, -0.2) is 24.7 Å². The van der Waals surface area contributed by atoms with Gasteiger partial charge in [0.15, 0.2) is 0 Å². The molecule has 1 saturated heterocycles. The standard InChI is InChI=1S/C17H21NO3S/c1-13-7-9-15(10-8-13)22(20,21)18-16(11-12-17(18)19)14-5-3-2-4-6-14/h5,7-10,16H,2-4,6,11-12H2,1H3. The number of rotatable bonds is 3. The molecular weight excluding hydrogens is 298 g/mol. The van der Waals surface area contributed by atoms with E-state index in [0.717, 1.165) is 41.1 Å². The first-order chi connectivity index (χ1) is 10.5. The summed E-state index contributed by atoms with van der Waals surface area (Å²) >= 11 is 0. The lowest BCUT2D eigenvalue weighted by Gasteiger charge is -2.28. The van der Waals surface area contributed by atoms with Crippen LogP contribution < -0.4 is 0 Å². The van der Waals surface area contributed by atoms with E-state index in [4.69, 9.17) is 0 Å². The molecule has 1 aliphatic heterocycles. The Kier molecular flexibility index (Phi) is 4.08. The van der Waals surface area contributed by atoms with E-state index in [0.29, 0.717) is 12.8 Å². The van der Waals surface area contributed by atoms with Gasteiger partial charge >= 0.3 is 0 Å². The van der Waals surface area contributed by atoms with Gasteiger partial charge in [0.05, 0.1) is 10.9 Å². The van der Waals surface area contributed by atoms with Crippen LogP contribution in [0, 0.1) is 6.92 Å². The molecule has 118 valence electrons.